The molecule has 0 bridgehead atoms. The lowest BCUT2D eigenvalue weighted by molar-refractivity contribution is -0.131. The Hall–Kier alpha value is -2.22. The summed E-state index contributed by atoms with van der Waals surface area (Å²) in [5.74, 6) is 2.90. The standard InChI is InChI=1S/C20H28N4O3S/c1-6-23-18(10-15-7-8-16-17(9-15)27-12-26-16)21-22-20(23)28-11-19(25)24(13(2)3)14(4)5/h7-9,13-14H,6,10-12H2,1-5H3. The largest absolute Gasteiger partial charge is 0.454 e. The van der Waals surface area contributed by atoms with Crippen LogP contribution in [0.5, 0.6) is 11.5 Å². The van der Waals surface area contributed by atoms with E-state index in [4.69, 9.17) is 9.47 Å². The third-order valence-electron chi connectivity index (χ3n) is 4.63. The van der Waals surface area contributed by atoms with Crippen molar-refractivity contribution >= 4 is 17.7 Å². The highest BCUT2D eigenvalue weighted by Gasteiger charge is 2.22. The van der Waals surface area contributed by atoms with Gasteiger partial charge in [-0.15, -0.1) is 10.2 Å². The van der Waals surface area contributed by atoms with Crippen molar-refractivity contribution in [3.8, 4) is 11.5 Å². The van der Waals surface area contributed by atoms with E-state index in [2.05, 4.69) is 21.7 Å². The molecule has 0 atom stereocenters. The molecule has 0 aliphatic carbocycles. The predicted molar refractivity (Wildman–Crippen MR) is 109 cm³/mol. The third-order valence-corrected chi connectivity index (χ3v) is 5.59. The summed E-state index contributed by atoms with van der Waals surface area (Å²) in [7, 11) is 0. The van der Waals surface area contributed by atoms with Crippen molar-refractivity contribution in [2.24, 2.45) is 0 Å². The number of nitrogens with zero attached hydrogens (tertiary/aromatic N) is 4. The first-order chi connectivity index (χ1) is 13.4. The van der Waals surface area contributed by atoms with E-state index in [0.717, 1.165) is 34.6 Å². The minimum atomic E-state index is 0.123. The van der Waals surface area contributed by atoms with Crippen molar-refractivity contribution in [2.45, 2.75) is 64.8 Å². The van der Waals surface area contributed by atoms with Gasteiger partial charge in [0, 0.05) is 25.0 Å². The third kappa shape index (κ3) is 4.43. The average molecular weight is 405 g/mol. The number of fused-ring (bicyclic) bond motifs is 1. The normalized spacial score (nSPS) is 12.8. The molecule has 0 saturated heterocycles. The molecule has 8 heteroatoms. The van der Waals surface area contributed by atoms with E-state index in [-0.39, 0.29) is 24.8 Å². The first-order valence-electron chi connectivity index (χ1n) is 9.65. The van der Waals surface area contributed by atoms with Gasteiger partial charge in [-0.3, -0.25) is 4.79 Å². The molecule has 1 aromatic heterocycles. The molecule has 7 nitrogen and oxygen atoms in total. The van der Waals surface area contributed by atoms with E-state index in [1.54, 1.807) is 0 Å². The van der Waals surface area contributed by atoms with Gasteiger partial charge in [-0.05, 0) is 52.3 Å². The summed E-state index contributed by atoms with van der Waals surface area (Å²) in [6.07, 6.45) is 0.649. The fourth-order valence-electron chi connectivity index (χ4n) is 3.48. The first-order valence-corrected chi connectivity index (χ1v) is 10.6. The van der Waals surface area contributed by atoms with Crippen LogP contribution in [0.4, 0.5) is 0 Å². The fourth-order valence-corrected chi connectivity index (χ4v) is 4.37. The lowest BCUT2D eigenvalue weighted by atomic mass is 10.1. The second kappa shape index (κ2) is 8.86. The number of rotatable bonds is 8. The van der Waals surface area contributed by atoms with Crippen molar-refractivity contribution in [1.29, 1.82) is 0 Å². The van der Waals surface area contributed by atoms with Gasteiger partial charge in [0.2, 0.25) is 12.7 Å². The van der Waals surface area contributed by atoms with Crippen LogP contribution in [-0.4, -0.2) is 50.2 Å². The number of thioether (sulfide) groups is 1. The van der Waals surface area contributed by atoms with E-state index in [1.165, 1.54) is 11.8 Å². The Labute approximate surface area is 170 Å². The second-order valence-corrected chi connectivity index (χ2v) is 8.23. The molecule has 1 aromatic carbocycles. The van der Waals surface area contributed by atoms with Crippen LogP contribution < -0.4 is 9.47 Å². The summed E-state index contributed by atoms with van der Waals surface area (Å²) in [5, 5.41) is 9.47. The fraction of sp³-hybridized carbons (Fsp3) is 0.550. The molecule has 0 spiro atoms. The zero-order chi connectivity index (χ0) is 20.3. The summed E-state index contributed by atoms with van der Waals surface area (Å²) < 4.78 is 12.9. The Bertz CT molecular complexity index is 827. The van der Waals surface area contributed by atoms with Gasteiger partial charge in [0.1, 0.15) is 5.82 Å². The number of amides is 1. The van der Waals surface area contributed by atoms with Gasteiger partial charge in [0.05, 0.1) is 5.75 Å². The van der Waals surface area contributed by atoms with E-state index >= 15 is 0 Å². The summed E-state index contributed by atoms with van der Waals surface area (Å²) in [6.45, 7) is 11.2. The molecule has 1 aliphatic heterocycles. The quantitative estimate of drug-likeness (QED) is 0.629. The molecule has 28 heavy (non-hydrogen) atoms. The number of ether oxygens (including phenoxy) is 2. The molecule has 1 aliphatic rings. The van der Waals surface area contributed by atoms with Crippen LogP contribution in [0.3, 0.4) is 0 Å². The smallest absolute Gasteiger partial charge is 0.233 e. The topological polar surface area (TPSA) is 69.5 Å². The zero-order valence-electron chi connectivity index (χ0n) is 17.1. The van der Waals surface area contributed by atoms with Crippen molar-refractivity contribution < 1.29 is 14.3 Å². The number of benzene rings is 1. The van der Waals surface area contributed by atoms with Crippen LogP contribution in [0.15, 0.2) is 23.4 Å². The summed E-state index contributed by atoms with van der Waals surface area (Å²) in [6, 6.07) is 6.28. The van der Waals surface area contributed by atoms with Crippen LogP contribution in [0.25, 0.3) is 0 Å². The van der Waals surface area contributed by atoms with Crippen LogP contribution in [0.2, 0.25) is 0 Å². The van der Waals surface area contributed by atoms with E-state index in [1.807, 2.05) is 50.8 Å². The Morgan fingerprint density at radius 1 is 1.18 bits per heavy atom. The number of hydrogen-bond donors (Lipinski definition) is 0. The van der Waals surface area contributed by atoms with Gasteiger partial charge in [0.15, 0.2) is 16.7 Å². The lowest BCUT2D eigenvalue weighted by Crippen LogP contribution is -2.43. The van der Waals surface area contributed by atoms with Crippen LogP contribution in [0.1, 0.15) is 46.0 Å². The zero-order valence-corrected chi connectivity index (χ0v) is 18.0. The Morgan fingerprint density at radius 2 is 1.89 bits per heavy atom. The second-order valence-electron chi connectivity index (χ2n) is 7.28. The van der Waals surface area contributed by atoms with Gasteiger partial charge in [-0.2, -0.15) is 0 Å². The number of carbonyl (C=O) groups is 1. The summed E-state index contributed by atoms with van der Waals surface area (Å²) in [5.41, 5.74) is 1.09. The molecule has 3 rings (SSSR count). The SMILES string of the molecule is CCn1c(Cc2ccc3c(c2)OCO3)nnc1SCC(=O)N(C(C)C)C(C)C. The summed E-state index contributed by atoms with van der Waals surface area (Å²) >= 11 is 1.45. The molecule has 0 fully saturated rings. The number of aromatic nitrogens is 3. The summed E-state index contributed by atoms with van der Waals surface area (Å²) in [4.78, 5) is 14.5. The molecule has 1 amide bonds. The van der Waals surface area contributed by atoms with Crippen molar-refractivity contribution in [3.63, 3.8) is 0 Å². The highest BCUT2D eigenvalue weighted by atomic mass is 32.2. The van der Waals surface area contributed by atoms with Gasteiger partial charge in [0.25, 0.3) is 0 Å². The van der Waals surface area contributed by atoms with Gasteiger partial charge in [-0.25, -0.2) is 0 Å². The van der Waals surface area contributed by atoms with Gasteiger partial charge < -0.3 is 18.9 Å². The maximum Gasteiger partial charge on any atom is 0.233 e. The Balaban J connectivity index is 1.69. The van der Waals surface area contributed by atoms with Crippen molar-refractivity contribution in [1.82, 2.24) is 19.7 Å². The number of carbonyl (C=O) groups excluding carboxylic acids is 1. The first kappa shape index (κ1) is 20.5. The average Bonchev–Trinajstić information content (AvgIpc) is 3.25. The highest BCUT2D eigenvalue weighted by molar-refractivity contribution is 7.99. The van der Waals surface area contributed by atoms with Crippen LogP contribution in [-0.2, 0) is 17.8 Å². The van der Waals surface area contributed by atoms with Gasteiger partial charge in [-0.1, -0.05) is 17.8 Å². The lowest BCUT2D eigenvalue weighted by Gasteiger charge is -2.30. The van der Waals surface area contributed by atoms with Gasteiger partial charge >= 0.3 is 0 Å². The molecule has 0 radical (unpaired) electrons. The molecule has 0 N–H and O–H groups in total. The molecule has 152 valence electrons. The van der Waals surface area contributed by atoms with Crippen molar-refractivity contribution in [2.75, 3.05) is 12.5 Å². The highest BCUT2D eigenvalue weighted by Crippen LogP contribution is 2.33. The minimum absolute atomic E-state index is 0.123. The Morgan fingerprint density at radius 3 is 2.57 bits per heavy atom. The van der Waals surface area contributed by atoms with Crippen LogP contribution >= 0.6 is 11.8 Å². The number of hydrogen-bond acceptors (Lipinski definition) is 6. The minimum Gasteiger partial charge on any atom is -0.454 e. The van der Waals surface area contributed by atoms with Crippen LogP contribution in [0, 0.1) is 0 Å². The molecule has 2 aromatic rings. The van der Waals surface area contributed by atoms with E-state index in [0.29, 0.717) is 12.2 Å². The van der Waals surface area contributed by atoms with Crippen molar-refractivity contribution in [3.05, 3.63) is 29.6 Å². The predicted octanol–water partition coefficient (Wildman–Crippen LogP) is 3.36. The molecular weight excluding hydrogens is 376 g/mol. The van der Waals surface area contributed by atoms with E-state index < -0.39 is 0 Å². The maximum absolute atomic E-state index is 12.6. The molecule has 0 saturated carbocycles. The Kier molecular flexibility index (Phi) is 6.49. The maximum atomic E-state index is 12.6. The monoisotopic (exact) mass is 404 g/mol. The molecule has 0 unspecified atom stereocenters. The molecule has 2 heterocycles. The van der Waals surface area contributed by atoms with E-state index in [9.17, 15) is 4.79 Å². The molecular formula is C20H28N4O3S.